The summed E-state index contributed by atoms with van der Waals surface area (Å²) < 4.78 is 48.2. The zero-order chi connectivity index (χ0) is 29.6. The maximum absolute atomic E-state index is 13.9. The summed E-state index contributed by atoms with van der Waals surface area (Å²) in [5, 5.41) is 1.39. The molecule has 42 heavy (non-hydrogen) atoms. The van der Waals surface area contributed by atoms with E-state index in [2.05, 4.69) is 4.72 Å². The van der Waals surface area contributed by atoms with Crippen LogP contribution in [-0.4, -0.2) is 62.1 Å². The maximum atomic E-state index is 13.9. The normalized spacial score (nSPS) is 19.4. The van der Waals surface area contributed by atoms with E-state index in [0.29, 0.717) is 53.3 Å². The van der Waals surface area contributed by atoms with Crippen LogP contribution in [0.3, 0.4) is 0 Å². The molecule has 3 N–H and O–H groups in total. The topological polar surface area (TPSA) is 137 Å². The zero-order valence-electron chi connectivity index (χ0n) is 24.1. The maximum Gasteiger partial charge on any atom is 0.304 e. The Bertz CT molecular complexity index is 1760. The molecule has 2 saturated heterocycles. The Balaban J connectivity index is 1.49. The lowest BCUT2D eigenvalue weighted by Gasteiger charge is -2.29. The van der Waals surface area contributed by atoms with Crippen LogP contribution in [0, 0.1) is 19.8 Å². The number of hydrogen-bond acceptors (Lipinski definition) is 8. The van der Waals surface area contributed by atoms with Crippen molar-refractivity contribution in [2.75, 3.05) is 26.3 Å². The molecule has 2 atom stereocenters. The number of ether oxygens (including phenoxy) is 2. The number of carbonyl (C=O) groups is 1. The third-order valence-electron chi connectivity index (χ3n) is 8.44. The van der Waals surface area contributed by atoms with Gasteiger partial charge in [-0.3, -0.25) is 4.79 Å². The first-order valence-corrected chi connectivity index (χ1v) is 15.8. The first-order valence-electron chi connectivity index (χ1n) is 14.4. The molecule has 0 radical (unpaired) electrons. The van der Waals surface area contributed by atoms with Crippen molar-refractivity contribution in [3.63, 3.8) is 0 Å². The Morgan fingerprint density at radius 2 is 1.90 bits per heavy atom. The van der Waals surface area contributed by atoms with Crippen LogP contribution in [0.4, 0.5) is 0 Å². The number of nitrogens with zero attached hydrogens (tertiary/aromatic N) is 2. The highest BCUT2D eigenvalue weighted by Crippen LogP contribution is 2.38. The molecule has 1 amide bonds. The minimum Gasteiger partial charge on any atom is -0.490 e. The summed E-state index contributed by atoms with van der Waals surface area (Å²) in [7, 11) is -4.12. The second kappa shape index (κ2) is 11.3. The van der Waals surface area contributed by atoms with Gasteiger partial charge in [-0.2, -0.15) is 12.7 Å². The number of pyridine rings is 1. The third-order valence-corrected chi connectivity index (χ3v) is 9.89. The molecule has 2 aromatic carbocycles. The summed E-state index contributed by atoms with van der Waals surface area (Å²) in [5.41, 5.74) is 9.45. The molecule has 2 aliphatic heterocycles. The molecular weight excluding hydrogens is 556 g/mol. The molecule has 0 aliphatic carbocycles. The molecule has 6 rings (SSSR count). The molecule has 222 valence electrons. The Hall–Kier alpha value is -3.51. The summed E-state index contributed by atoms with van der Waals surface area (Å²) in [6, 6.07) is 12.7. The van der Waals surface area contributed by atoms with E-state index in [-0.39, 0.29) is 36.7 Å². The fourth-order valence-electron chi connectivity index (χ4n) is 5.95. The fraction of sp³-hybridized carbons (Fsp3) is 0.419. The van der Waals surface area contributed by atoms with E-state index in [9.17, 15) is 13.2 Å². The average Bonchev–Trinajstić information content (AvgIpc) is 3.58. The van der Waals surface area contributed by atoms with Gasteiger partial charge in [0.15, 0.2) is 5.76 Å². The van der Waals surface area contributed by atoms with Crippen LogP contribution >= 0.6 is 0 Å². The predicted molar refractivity (Wildman–Crippen MR) is 161 cm³/mol. The van der Waals surface area contributed by atoms with Crippen molar-refractivity contribution >= 4 is 38.0 Å². The van der Waals surface area contributed by atoms with Crippen LogP contribution in [0.25, 0.3) is 33.3 Å². The van der Waals surface area contributed by atoms with Gasteiger partial charge < -0.3 is 19.6 Å². The highest BCUT2D eigenvalue weighted by Gasteiger charge is 2.33. The number of amides is 1. The van der Waals surface area contributed by atoms with Crippen molar-refractivity contribution in [3.05, 3.63) is 59.2 Å². The number of nitrogens with two attached hydrogens (primary N) is 1. The fourth-order valence-corrected chi connectivity index (χ4v) is 7.15. The summed E-state index contributed by atoms with van der Waals surface area (Å²) in [6.07, 6.45) is 2.14. The number of furan rings is 1. The minimum atomic E-state index is -4.12. The van der Waals surface area contributed by atoms with Gasteiger partial charge in [0, 0.05) is 43.3 Å². The lowest BCUT2D eigenvalue weighted by atomic mass is 9.94. The molecule has 0 bridgehead atoms. The van der Waals surface area contributed by atoms with E-state index in [1.54, 1.807) is 6.07 Å². The molecule has 2 aliphatic rings. The minimum absolute atomic E-state index is 0.139. The number of para-hydroxylation sites is 1. The Labute approximate surface area is 245 Å². The molecule has 11 heteroatoms. The second-order valence-electron chi connectivity index (χ2n) is 11.3. The molecule has 0 saturated carbocycles. The average molecular weight is 593 g/mol. The highest BCUT2D eigenvalue weighted by atomic mass is 32.2. The van der Waals surface area contributed by atoms with Gasteiger partial charge in [0.05, 0.1) is 22.6 Å². The predicted octanol–water partition coefficient (Wildman–Crippen LogP) is 4.47. The first kappa shape index (κ1) is 28.6. The standard InChI is InChI=1S/C31H36N4O6S/c1-18-8-9-27(40-20(3)21-11-14-39-15-12-21)28-24(31(36)34-42(37,38)35-13-10-22(32)17-35)16-25(33-29(18)28)30-19(2)23-6-4-5-7-26(23)41-30/h4-9,16,20-22H,10-15,17,32H2,1-3H3,(H,34,36)/t20-,22+/m1/s1. The molecule has 4 heterocycles. The molecule has 0 spiro atoms. The molecule has 2 fully saturated rings. The number of hydrogen-bond donors (Lipinski definition) is 2. The van der Waals surface area contributed by atoms with Crippen LogP contribution in [0.15, 0.2) is 46.9 Å². The Morgan fingerprint density at radius 1 is 1.14 bits per heavy atom. The van der Waals surface area contributed by atoms with Gasteiger partial charge >= 0.3 is 10.2 Å². The van der Waals surface area contributed by atoms with E-state index in [0.717, 1.165) is 29.4 Å². The van der Waals surface area contributed by atoms with Gasteiger partial charge in [-0.25, -0.2) is 9.71 Å². The second-order valence-corrected chi connectivity index (χ2v) is 13.0. The monoisotopic (exact) mass is 592 g/mol. The van der Waals surface area contributed by atoms with Gasteiger partial charge in [-0.15, -0.1) is 0 Å². The largest absolute Gasteiger partial charge is 0.490 e. The van der Waals surface area contributed by atoms with Crippen molar-refractivity contribution in [1.29, 1.82) is 0 Å². The van der Waals surface area contributed by atoms with Gasteiger partial charge in [0.1, 0.15) is 17.0 Å². The molecule has 2 aromatic heterocycles. The van der Waals surface area contributed by atoms with Crippen molar-refractivity contribution in [3.8, 4) is 17.2 Å². The van der Waals surface area contributed by atoms with Gasteiger partial charge in [-0.1, -0.05) is 24.3 Å². The number of nitrogens with one attached hydrogen (secondary N) is 1. The number of aromatic nitrogens is 1. The number of rotatable bonds is 7. The number of fused-ring (bicyclic) bond motifs is 2. The van der Waals surface area contributed by atoms with E-state index in [1.807, 2.05) is 57.2 Å². The highest BCUT2D eigenvalue weighted by molar-refractivity contribution is 7.87. The number of benzene rings is 2. The van der Waals surface area contributed by atoms with E-state index >= 15 is 0 Å². The van der Waals surface area contributed by atoms with Gasteiger partial charge in [0.2, 0.25) is 0 Å². The van der Waals surface area contributed by atoms with Crippen LogP contribution < -0.4 is 15.2 Å². The summed E-state index contributed by atoms with van der Waals surface area (Å²) in [6.45, 7) is 7.62. The van der Waals surface area contributed by atoms with E-state index in [1.165, 1.54) is 4.31 Å². The summed E-state index contributed by atoms with van der Waals surface area (Å²) in [4.78, 5) is 18.9. The Morgan fingerprint density at radius 3 is 2.62 bits per heavy atom. The first-order chi connectivity index (χ1) is 20.1. The van der Waals surface area contributed by atoms with Crippen LogP contribution in [0.5, 0.6) is 5.75 Å². The third kappa shape index (κ3) is 5.37. The zero-order valence-corrected chi connectivity index (χ0v) is 24.9. The van der Waals surface area contributed by atoms with E-state index < -0.39 is 16.1 Å². The quantitative estimate of drug-likeness (QED) is 0.321. The van der Waals surface area contributed by atoms with Crippen molar-refractivity contribution < 1.29 is 27.1 Å². The van der Waals surface area contributed by atoms with Crippen LogP contribution in [0.2, 0.25) is 0 Å². The lowest BCUT2D eigenvalue weighted by Crippen LogP contribution is -2.43. The van der Waals surface area contributed by atoms with Gasteiger partial charge in [-0.05, 0) is 69.7 Å². The van der Waals surface area contributed by atoms with Crippen molar-refractivity contribution in [2.45, 2.75) is 52.2 Å². The van der Waals surface area contributed by atoms with Crippen LogP contribution in [-0.2, 0) is 14.9 Å². The van der Waals surface area contributed by atoms with Crippen LogP contribution in [0.1, 0.15) is 47.7 Å². The molecular formula is C31H36N4O6S. The molecule has 10 nitrogen and oxygen atoms in total. The lowest BCUT2D eigenvalue weighted by molar-refractivity contribution is 0.0243. The SMILES string of the molecule is Cc1c(-c2cc(C(=O)NS(=O)(=O)N3CC[C@H](N)C3)c3c(O[C@H](C)C4CCOCC4)ccc(C)c3n2)oc2ccccc12. The summed E-state index contributed by atoms with van der Waals surface area (Å²) >= 11 is 0. The smallest absolute Gasteiger partial charge is 0.304 e. The molecule has 0 unspecified atom stereocenters. The number of aryl methyl sites for hydroxylation is 2. The molecule has 4 aromatic rings. The number of carbonyl (C=O) groups excluding carboxylic acids is 1. The van der Waals surface area contributed by atoms with Crippen molar-refractivity contribution in [1.82, 2.24) is 14.0 Å². The van der Waals surface area contributed by atoms with E-state index in [4.69, 9.17) is 24.6 Å². The summed E-state index contributed by atoms with van der Waals surface area (Å²) in [5.74, 6) is 0.507. The van der Waals surface area contributed by atoms with Crippen molar-refractivity contribution in [2.24, 2.45) is 11.7 Å². The van der Waals surface area contributed by atoms with Gasteiger partial charge in [0.25, 0.3) is 5.91 Å². The Kier molecular flexibility index (Phi) is 7.69.